The third-order valence-corrected chi connectivity index (χ3v) is 6.12. The Morgan fingerprint density at radius 3 is 2.40 bits per heavy atom. The van der Waals surface area contributed by atoms with E-state index in [0.717, 1.165) is 0 Å². The first kappa shape index (κ1) is 21.8. The van der Waals surface area contributed by atoms with Crippen molar-refractivity contribution in [3.05, 3.63) is 87.2 Å². The quantitative estimate of drug-likeness (QED) is 0.521. The maximum Gasteiger partial charge on any atom is 0.335 e. The average molecular weight is 465 g/mol. The molecule has 0 unspecified atom stereocenters. The van der Waals surface area contributed by atoms with Crippen molar-refractivity contribution in [2.45, 2.75) is 11.8 Å². The van der Waals surface area contributed by atoms with Gasteiger partial charge in [-0.1, -0.05) is 35.3 Å². The van der Waals surface area contributed by atoms with E-state index >= 15 is 0 Å². The van der Waals surface area contributed by atoms with Gasteiger partial charge in [0.1, 0.15) is 5.69 Å². The number of rotatable bonds is 6. The summed E-state index contributed by atoms with van der Waals surface area (Å²) in [5.41, 5.74) is 0.142. The van der Waals surface area contributed by atoms with Gasteiger partial charge in [0, 0.05) is 16.8 Å². The molecule has 30 heavy (non-hydrogen) atoms. The SMILES string of the molecule is Cc1cc(S(=O)(=O)Nc2cc(Cl)cnc2C(=O)c2cccc(C(=O)O)c2)ccc1Cl. The van der Waals surface area contributed by atoms with Gasteiger partial charge in [-0.15, -0.1) is 0 Å². The van der Waals surface area contributed by atoms with Gasteiger partial charge < -0.3 is 5.11 Å². The molecule has 1 heterocycles. The molecule has 0 saturated carbocycles. The van der Waals surface area contributed by atoms with Crippen molar-refractivity contribution in [1.82, 2.24) is 4.98 Å². The smallest absolute Gasteiger partial charge is 0.335 e. The molecular formula is C20H14Cl2N2O5S. The molecule has 10 heteroatoms. The maximum absolute atomic E-state index is 12.9. The van der Waals surface area contributed by atoms with Crippen LogP contribution in [0.3, 0.4) is 0 Å². The second-order valence-corrected chi connectivity index (χ2v) is 8.81. The molecule has 0 saturated heterocycles. The van der Waals surface area contributed by atoms with Crippen LogP contribution in [0.2, 0.25) is 10.0 Å². The summed E-state index contributed by atoms with van der Waals surface area (Å²) < 4.78 is 28.0. The summed E-state index contributed by atoms with van der Waals surface area (Å²) in [5.74, 6) is -1.87. The van der Waals surface area contributed by atoms with Gasteiger partial charge in [-0.3, -0.25) is 9.52 Å². The average Bonchev–Trinajstić information content (AvgIpc) is 2.69. The number of anilines is 1. The number of ketones is 1. The van der Waals surface area contributed by atoms with Crippen LogP contribution in [0.1, 0.15) is 32.0 Å². The van der Waals surface area contributed by atoms with Crippen LogP contribution in [-0.4, -0.2) is 30.3 Å². The third-order valence-electron chi connectivity index (χ3n) is 4.13. The van der Waals surface area contributed by atoms with E-state index in [1.54, 1.807) is 6.92 Å². The standard InChI is InChI=1S/C20H14Cl2N2O5S/c1-11-7-15(5-6-16(11)22)30(28,29)24-17-9-14(21)10-23-18(17)19(25)12-3-2-4-13(8-12)20(26)27/h2-10,24H,1H3,(H,26,27). The lowest BCUT2D eigenvalue weighted by atomic mass is 10.0. The number of pyridine rings is 1. The highest BCUT2D eigenvalue weighted by atomic mass is 35.5. The zero-order chi connectivity index (χ0) is 22.1. The van der Waals surface area contributed by atoms with E-state index in [-0.39, 0.29) is 32.4 Å². The Morgan fingerprint density at radius 1 is 1.03 bits per heavy atom. The third kappa shape index (κ3) is 4.62. The number of halogens is 2. The summed E-state index contributed by atoms with van der Waals surface area (Å²) in [5, 5.41) is 9.64. The van der Waals surface area contributed by atoms with Gasteiger partial charge in [0.15, 0.2) is 0 Å². The van der Waals surface area contributed by atoms with Crippen LogP contribution >= 0.6 is 23.2 Å². The molecule has 0 aliphatic rings. The number of carbonyl (C=O) groups is 2. The number of aromatic nitrogens is 1. The molecule has 0 aliphatic heterocycles. The summed E-state index contributed by atoms with van der Waals surface area (Å²) in [6, 6.07) is 10.8. The van der Waals surface area contributed by atoms with Crippen molar-refractivity contribution in [3.8, 4) is 0 Å². The van der Waals surface area contributed by atoms with Crippen LogP contribution in [0.25, 0.3) is 0 Å². The number of aryl methyl sites for hydroxylation is 1. The van der Waals surface area contributed by atoms with Gasteiger partial charge in [-0.2, -0.15) is 0 Å². The molecule has 0 amide bonds. The Morgan fingerprint density at radius 2 is 1.73 bits per heavy atom. The highest BCUT2D eigenvalue weighted by Gasteiger charge is 2.22. The first-order valence-electron chi connectivity index (χ1n) is 8.41. The number of carboxylic acids is 1. The van der Waals surface area contributed by atoms with Crippen molar-refractivity contribution < 1.29 is 23.1 Å². The second kappa shape index (κ2) is 8.43. The Bertz CT molecular complexity index is 1280. The van der Waals surface area contributed by atoms with E-state index in [1.165, 1.54) is 54.7 Å². The number of aromatic carboxylic acids is 1. The number of hydrogen-bond donors (Lipinski definition) is 2. The lowest BCUT2D eigenvalue weighted by Crippen LogP contribution is -2.17. The summed E-state index contributed by atoms with van der Waals surface area (Å²) in [6.07, 6.45) is 1.19. The number of nitrogens with one attached hydrogen (secondary N) is 1. The number of nitrogens with zero attached hydrogens (tertiary/aromatic N) is 1. The Labute approximate surface area is 182 Å². The molecule has 0 bridgehead atoms. The lowest BCUT2D eigenvalue weighted by molar-refractivity contribution is 0.0697. The molecule has 0 fully saturated rings. The molecule has 2 N–H and O–H groups in total. The second-order valence-electron chi connectivity index (χ2n) is 6.28. The molecule has 3 aromatic rings. The first-order chi connectivity index (χ1) is 14.1. The fourth-order valence-electron chi connectivity index (χ4n) is 2.62. The molecule has 0 radical (unpaired) electrons. The van der Waals surface area contributed by atoms with Crippen LogP contribution in [-0.2, 0) is 10.0 Å². The van der Waals surface area contributed by atoms with Crippen LogP contribution in [0.5, 0.6) is 0 Å². The molecule has 3 rings (SSSR count). The van der Waals surface area contributed by atoms with Gasteiger partial charge in [0.05, 0.1) is 21.2 Å². The summed E-state index contributed by atoms with van der Waals surface area (Å²) in [6.45, 7) is 1.66. The number of hydrogen-bond acceptors (Lipinski definition) is 5. The van der Waals surface area contributed by atoms with Crippen LogP contribution in [0.15, 0.2) is 59.6 Å². The van der Waals surface area contributed by atoms with Crippen LogP contribution in [0, 0.1) is 6.92 Å². The molecule has 0 spiro atoms. The van der Waals surface area contributed by atoms with E-state index in [9.17, 15) is 18.0 Å². The molecule has 2 aromatic carbocycles. The number of carbonyl (C=O) groups excluding carboxylic acids is 1. The zero-order valence-electron chi connectivity index (χ0n) is 15.4. The predicted octanol–water partition coefficient (Wildman–Crippen LogP) is 4.43. The number of benzene rings is 2. The van der Waals surface area contributed by atoms with Crippen molar-refractivity contribution in [2.24, 2.45) is 0 Å². The maximum atomic E-state index is 12.9. The van der Waals surface area contributed by atoms with Crippen molar-refractivity contribution in [2.75, 3.05) is 4.72 Å². The fourth-order valence-corrected chi connectivity index (χ4v) is 4.03. The predicted molar refractivity (Wildman–Crippen MR) is 113 cm³/mol. The first-order valence-corrected chi connectivity index (χ1v) is 10.6. The van der Waals surface area contributed by atoms with Crippen LogP contribution < -0.4 is 4.72 Å². The highest BCUT2D eigenvalue weighted by Crippen LogP contribution is 2.26. The van der Waals surface area contributed by atoms with Crippen LogP contribution in [0.4, 0.5) is 5.69 Å². The Balaban J connectivity index is 2.03. The van der Waals surface area contributed by atoms with Crippen molar-refractivity contribution in [1.29, 1.82) is 0 Å². The molecular weight excluding hydrogens is 451 g/mol. The van der Waals surface area contributed by atoms with Crippen molar-refractivity contribution >= 4 is 50.7 Å². The molecule has 0 aliphatic carbocycles. The van der Waals surface area contributed by atoms with E-state index in [4.69, 9.17) is 28.3 Å². The Hall–Kier alpha value is -2.94. The van der Waals surface area contributed by atoms with E-state index in [2.05, 4.69) is 9.71 Å². The normalized spacial score (nSPS) is 11.2. The minimum atomic E-state index is -4.08. The van der Waals surface area contributed by atoms with E-state index in [1.807, 2.05) is 0 Å². The monoisotopic (exact) mass is 464 g/mol. The highest BCUT2D eigenvalue weighted by molar-refractivity contribution is 7.92. The largest absolute Gasteiger partial charge is 0.478 e. The molecule has 7 nitrogen and oxygen atoms in total. The minimum Gasteiger partial charge on any atom is -0.478 e. The lowest BCUT2D eigenvalue weighted by Gasteiger charge is -2.13. The van der Waals surface area contributed by atoms with E-state index < -0.39 is 21.8 Å². The topological polar surface area (TPSA) is 113 Å². The zero-order valence-corrected chi connectivity index (χ0v) is 17.7. The Kier molecular flexibility index (Phi) is 6.12. The summed E-state index contributed by atoms with van der Waals surface area (Å²) in [4.78, 5) is 28.0. The fraction of sp³-hybridized carbons (Fsp3) is 0.0500. The number of sulfonamides is 1. The minimum absolute atomic E-state index is 0.0347. The molecule has 0 atom stereocenters. The number of carboxylic acid groups (broad SMARTS) is 1. The molecule has 154 valence electrons. The van der Waals surface area contributed by atoms with Gasteiger partial charge >= 0.3 is 5.97 Å². The molecule has 1 aromatic heterocycles. The van der Waals surface area contributed by atoms with Gasteiger partial charge in [0.2, 0.25) is 5.78 Å². The van der Waals surface area contributed by atoms with Gasteiger partial charge in [-0.05, 0) is 48.9 Å². The summed E-state index contributed by atoms with van der Waals surface area (Å²) in [7, 11) is -4.08. The van der Waals surface area contributed by atoms with Gasteiger partial charge in [0.25, 0.3) is 10.0 Å². The van der Waals surface area contributed by atoms with Gasteiger partial charge in [-0.25, -0.2) is 18.2 Å². The summed E-state index contributed by atoms with van der Waals surface area (Å²) >= 11 is 11.9. The van der Waals surface area contributed by atoms with Crippen molar-refractivity contribution in [3.63, 3.8) is 0 Å². The van der Waals surface area contributed by atoms with E-state index in [0.29, 0.717) is 10.6 Å².